The normalized spacial score (nSPS) is 11.5. The van der Waals surface area contributed by atoms with Crippen LogP contribution in [0.3, 0.4) is 0 Å². The predicted octanol–water partition coefficient (Wildman–Crippen LogP) is 10.6. The molecule has 1 aromatic heterocycles. The zero-order valence-electron chi connectivity index (χ0n) is 38.9. The van der Waals surface area contributed by atoms with Gasteiger partial charge in [0.1, 0.15) is 17.0 Å². The van der Waals surface area contributed by atoms with Gasteiger partial charge in [0.05, 0.1) is 6.61 Å². The number of nitrogens with two attached hydrogens (primary N) is 2. The van der Waals surface area contributed by atoms with Crippen LogP contribution in [0.25, 0.3) is 0 Å². The van der Waals surface area contributed by atoms with E-state index in [4.69, 9.17) is 16.2 Å². The van der Waals surface area contributed by atoms with Gasteiger partial charge in [-0.15, -0.1) is 0 Å². The summed E-state index contributed by atoms with van der Waals surface area (Å²) >= 11 is 0. The summed E-state index contributed by atoms with van der Waals surface area (Å²) < 4.78 is 8.73. The van der Waals surface area contributed by atoms with Crippen LogP contribution in [0.4, 0.5) is 5.69 Å². The summed E-state index contributed by atoms with van der Waals surface area (Å²) in [4.78, 5) is 27.4. The van der Waals surface area contributed by atoms with Crippen molar-refractivity contribution in [1.29, 1.82) is 0 Å². The average molecular weight is 886 g/mol. The Bertz CT molecular complexity index is 2070. The highest BCUT2D eigenvalue weighted by Gasteiger charge is 2.33. The van der Waals surface area contributed by atoms with E-state index in [9.17, 15) is 19.9 Å². The van der Waals surface area contributed by atoms with Crippen LogP contribution in [0, 0.1) is 0 Å². The number of nitrogens with one attached hydrogen (secondary N) is 2. The number of carbonyl (C=O) groups excluding carboxylic acids is 2. The Kier molecular flexibility index (Phi) is 21.8. The van der Waals surface area contributed by atoms with E-state index in [2.05, 4.69) is 24.4 Å². The largest absolute Gasteiger partial charge is 0.493 e. The Hall–Kier alpha value is -5.26. The van der Waals surface area contributed by atoms with E-state index in [1.165, 1.54) is 19.3 Å². The highest BCUT2D eigenvalue weighted by Crippen LogP contribution is 2.36. The van der Waals surface area contributed by atoms with Crippen molar-refractivity contribution < 1.29 is 24.6 Å². The molecule has 10 nitrogen and oxygen atoms in total. The number of hydrogen-bond acceptors (Lipinski definition) is 7. The van der Waals surface area contributed by atoms with Crippen LogP contribution < -0.4 is 27.0 Å². The van der Waals surface area contributed by atoms with Crippen LogP contribution in [0.15, 0.2) is 109 Å². The molecule has 5 rings (SSSR count). The molecule has 0 fully saturated rings. The third-order valence-corrected chi connectivity index (χ3v) is 12.5. The number of hydroxylamine groups is 1. The fourth-order valence-corrected chi connectivity index (χ4v) is 8.86. The molecule has 4 aromatic carbocycles. The van der Waals surface area contributed by atoms with E-state index < -0.39 is 11.5 Å². The van der Waals surface area contributed by atoms with Crippen LogP contribution in [0.5, 0.6) is 5.75 Å². The number of aromatic nitrogens is 1. The van der Waals surface area contributed by atoms with E-state index in [1.807, 2.05) is 102 Å². The van der Waals surface area contributed by atoms with Crippen molar-refractivity contribution in [3.63, 3.8) is 0 Å². The molecular formula is C55H75N5O5. The number of aryl methyl sites for hydroxylation is 3. The van der Waals surface area contributed by atoms with E-state index in [0.29, 0.717) is 44.8 Å². The number of ether oxygens (including phenoxy) is 1. The molecule has 0 saturated carbocycles. The predicted molar refractivity (Wildman–Crippen MR) is 264 cm³/mol. The van der Waals surface area contributed by atoms with Gasteiger partial charge in [0, 0.05) is 24.3 Å². The molecule has 1 heterocycles. The topological polar surface area (TPSA) is 165 Å². The third kappa shape index (κ3) is 15.7. The molecule has 10 heteroatoms. The third-order valence-electron chi connectivity index (χ3n) is 12.5. The van der Waals surface area contributed by atoms with E-state index in [-0.39, 0.29) is 18.7 Å². The first-order valence-corrected chi connectivity index (χ1v) is 24.3. The Balaban J connectivity index is 1.56. The van der Waals surface area contributed by atoms with Crippen molar-refractivity contribution in [3.05, 3.63) is 154 Å². The summed E-state index contributed by atoms with van der Waals surface area (Å²) in [5.74, 6) is 0.177. The van der Waals surface area contributed by atoms with Gasteiger partial charge in [-0.1, -0.05) is 149 Å². The van der Waals surface area contributed by atoms with Gasteiger partial charge in [0.15, 0.2) is 0 Å². The van der Waals surface area contributed by atoms with Gasteiger partial charge in [-0.2, -0.15) is 0 Å². The van der Waals surface area contributed by atoms with E-state index in [1.54, 1.807) is 5.48 Å². The van der Waals surface area contributed by atoms with Gasteiger partial charge < -0.3 is 31.2 Å². The standard InChI is InChI=1S/C55H75N5O5/c1-2-3-4-5-15-26-45-39-49(40-46(27-16-6-7-21-36-56)53(45)65-38-23-9-8-22-37-57)58-54(62)51-41-44(32-33-52(61)59-64)50(60(51)42-43-24-13-10-14-25-43)34-35-55(63,47-28-17-11-18-29-47)48-30-19-12-20-31-48/h10-14,17-20,24-25,28-31,39-41,63-64H,2-9,15-16,21-23,26-27,32-38,42,56-57H2,1H3,(H,58,62)(H,59,61). The quantitative estimate of drug-likeness (QED) is 0.0146. The van der Waals surface area contributed by atoms with Gasteiger partial charge in [-0.25, -0.2) is 5.48 Å². The Morgan fingerprint density at radius 3 is 1.74 bits per heavy atom. The number of unbranched alkanes of at least 4 members (excludes halogenated alkanes) is 10. The number of anilines is 1. The van der Waals surface area contributed by atoms with Crippen molar-refractivity contribution in [1.82, 2.24) is 10.0 Å². The number of nitrogens with zero attached hydrogens (tertiary/aromatic N) is 1. The number of rotatable bonds is 31. The highest BCUT2D eigenvalue weighted by molar-refractivity contribution is 6.03. The second kappa shape index (κ2) is 27.9. The lowest BCUT2D eigenvalue weighted by Crippen LogP contribution is -2.29. The fourth-order valence-electron chi connectivity index (χ4n) is 8.86. The Morgan fingerprint density at radius 1 is 0.646 bits per heavy atom. The molecule has 0 unspecified atom stereocenters. The Morgan fingerprint density at radius 2 is 1.18 bits per heavy atom. The second-order valence-corrected chi connectivity index (χ2v) is 17.4. The van der Waals surface area contributed by atoms with Gasteiger partial charge in [-0.05, 0) is 129 Å². The molecule has 350 valence electrons. The van der Waals surface area contributed by atoms with Crippen molar-refractivity contribution in [2.75, 3.05) is 25.0 Å². The first-order valence-electron chi connectivity index (χ1n) is 24.3. The molecule has 0 bridgehead atoms. The lowest BCUT2D eigenvalue weighted by molar-refractivity contribution is -0.129. The number of benzene rings is 4. The summed E-state index contributed by atoms with van der Waals surface area (Å²) in [7, 11) is 0. The minimum Gasteiger partial charge on any atom is -0.493 e. The molecular weight excluding hydrogens is 811 g/mol. The molecule has 0 saturated heterocycles. The highest BCUT2D eigenvalue weighted by atomic mass is 16.5. The van der Waals surface area contributed by atoms with Crippen LogP contribution in [-0.4, -0.2) is 46.4 Å². The summed E-state index contributed by atoms with van der Waals surface area (Å²) in [5, 5.41) is 25.4. The maximum Gasteiger partial charge on any atom is 0.272 e. The summed E-state index contributed by atoms with van der Waals surface area (Å²) in [6.45, 7) is 4.66. The summed E-state index contributed by atoms with van der Waals surface area (Å²) in [5.41, 5.74) is 19.6. The first-order chi connectivity index (χ1) is 31.8. The average Bonchev–Trinajstić information content (AvgIpc) is 3.68. The SMILES string of the molecule is CCCCCCCc1cc(NC(=O)c2cc(CCC(=O)NO)c(CCC(O)(c3ccccc3)c3ccccc3)n2Cc2ccccc2)cc(CCCCCCN)c1OCCCCCCN. The van der Waals surface area contributed by atoms with Crippen molar-refractivity contribution in [3.8, 4) is 5.75 Å². The molecule has 0 spiro atoms. The maximum absolute atomic E-state index is 14.9. The zero-order chi connectivity index (χ0) is 46.1. The molecule has 0 radical (unpaired) electrons. The summed E-state index contributed by atoms with van der Waals surface area (Å²) in [6.07, 6.45) is 16.7. The molecule has 0 aliphatic rings. The summed E-state index contributed by atoms with van der Waals surface area (Å²) in [6, 6.07) is 35.5. The maximum atomic E-state index is 14.9. The smallest absolute Gasteiger partial charge is 0.272 e. The lowest BCUT2D eigenvalue weighted by atomic mass is 9.82. The van der Waals surface area contributed by atoms with E-state index in [0.717, 1.165) is 128 Å². The molecule has 65 heavy (non-hydrogen) atoms. The molecule has 0 atom stereocenters. The molecule has 8 N–H and O–H groups in total. The molecule has 0 aliphatic carbocycles. The molecule has 0 aliphatic heterocycles. The Labute approximate surface area is 388 Å². The minimum absolute atomic E-state index is 0.0201. The fraction of sp³-hybridized carbons (Fsp3) is 0.455. The van der Waals surface area contributed by atoms with E-state index >= 15 is 0 Å². The van der Waals surface area contributed by atoms with Gasteiger partial charge in [0.2, 0.25) is 5.91 Å². The van der Waals surface area contributed by atoms with Crippen molar-refractivity contribution in [2.45, 2.75) is 141 Å². The number of hydrogen-bond donors (Lipinski definition) is 6. The van der Waals surface area contributed by atoms with Crippen LogP contribution in [0.1, 0.15) is 153 Å². The van der Waals surface area contributed by atoms with Crippen LogP contribution in [-0.2, 0) is 42.6 Å². The minimum atomic E-state index is -1.34. The van der Waals surface area contributed by atoms with Gasteiger partial charge >= 0.3 is 0 Å². The lowest BCUT2D eigenvalue weighted by Gasteiger charge is -2.30. The molecule has 2 amide bonds. The van der Waals surface area contributed by atoms with Gasteiger partial charge in [0.25, 0.3) is 5.91 Å². The zero-order valence-corrected chi connectivity index (χ0v) is 38.9. The van der Waals surface area contributed by atoms with Crippen molar-refractivity contribution in [2.24, 2.45) is 11.5 Å². The van der Waals surface area contributed by atoms with Crippen molar-refractivity contribution >= 4 is 17.5 Å². The second-order valence-electron chi connectivity index (χ2n) is 17.4. The number of aliphatic hydroxyl groups is 1. The van der Waals surface area contributed by atoms with Gasteiger partial charge in [-0.3, -0.25) is 14.8 Å². The monoisotopic (exact) mass is 886 g/mol. The first kappa shape index (κ1) is 50.7. The molecule has 5 aromatic rings. The number of amides is 2. The van der Waals surface area contributed by atoms with Crippen LogP contribution >= 0.6 is 0 Å². The number of carbonyl (C=O) groups is 2. The van der Waals surface area contributed by atoms with Crippen LogP contribution in [0.2, 0.25) is 0 Å².